The number of carbonyl (C=O) groups excluding carboxylic acids is 1. The van der Waals surface area contributed by atoms with E-state index in [1.165, 1.54) is 24.6 Å². The quantitative estimate of drug-likeness (QED) is 0.765. The molecule has 0 saturated heterocycles. The molecule has 0 atom stereocenters. The van der Waals surface area contributed by atoms with Crippen LogP contribution in [0.4, 0.5) is 5.82 Å². The zero-order valence-electron chi connectivity index (χ0n) is 12.9. The number of aromatic amines is 1. The number of anilines is 1. The van der Waals surface area contributed by atoms with Crippen molar-refractivity contribution in [2.24, 2.45) is 0 Å². The first-order valence-electron chi connectivity index (χ1n) is 8.11. The molecule has 23 heavy (non-hydrogen) atoms. The van der Waals surface area contributed by atoms with Crippen LogP contribution in [0.5, 0.6) is 0 Å². The van der Waals surface area contributed by atoms with E-state index in [9.17, 15) is 4.79 Å². The summed E-state index contributed by atoms with van der Waals surface area (Å²) in [5, 5.41) is 12.5. The fourth-order valence-electron chi connectivity index (χ4n) is 3.04. The molecule has 4 nitrogen and oxygen atoms in total. The van der Waals surface area contributed by atoms with E-state index >= 15 is 0 Å². The third-order valence-electron chi connectivity index (χ3n) is 4.57. The standard InChI is InChI=1S/C19H19N3O/c23-19(20-18-12-17(21-22-18)15-6-3-7-15)11-13-8-9-14-4-1-2-5-16(14)10-13/h1-2,4-5,8-10,12,15H,3,6-7,11H2,(H2,20,21,22,23). The van der Waals surface area contributed by atoms with Crippen LogP contribution in [0.25, 0.3) is 10.8 Å². The van der Waals surface area contributed by atoms with Crippen LogP contribution in [-0.4, -0.2) is 16.1 Å². The highest BCUT2D eigenvalue weighted by Crippen LogP contribution is 2.35. The number of nitrogens with zero attached hydrogens (tertiary/aromatic N) is 1. The summed E-state index contributed by atoms with van der Waals surface area (Å²) >= 11 is 0. The summed E-state index contributed by atoms with van der Waals surface area (Å²) in [6, 6.07) is 16.3. The highest BCUT2D eigenvalue weighted by molar-refractivity contribution is 5.92. The van der Waals surface area contributed by atoms with Gasteiger partial charge in [-0.05, 0) is 29.2 Å². The van der Waals surface area contributed by atoms with E-state index in [1.54, 1.807) is 0 Å². The lowest BCUT2D eigenvalue weighted by Gasteiger charge is -2.22. The van der Waals surface area contributed by atoms with E-state index < -0.39 is 0 Å². The Labute approximate surface area is 134 Å². The van der Waals surface area contributed by atoms with Crippen LogP contribution in [0.3, 0.4) is 0 Å². The summed E-state index contributed by atoms with van der Waals surface area (Å²) in [5.74, 6) is 1.24. The Bertz CT molecular complexity index is 848. The number of H-pyrrole nitrogens is 1. The van der Waals surface area contributed by atoms with Crippen LogP contribution in [0.1, 0.15) is 36.4 Å². The number of hydrogen-bond donors (Lipinski definition) is 2. The predicted octanol–water partition coefficient (Wildman–Crippen LogP) is 4.01. The number of benzene rings is 2. The summed E-state index contributed by atoms with van der Waals surface area (Å²) in [6.07, 6.45) is 4.05. The van der Waals surface area contributed by atoms with Gasteiger partial charge in [0.15, 0.2) is 0 Å². The smallest absolute Gasteiger partial charge is 0.229 e. The second-order valence-corrected chi connectivity index (χ2v) is 6.24. The molecule has 2 N–H and O–H groups in total. The third kappa shape index (κ3) is 2.97. The van der Waals surface area contributed by atoms with Crippen molar-refractivity contribution in [3.05, 3.63) is 59.8 Å². The number of aromatic nitrogens is 2. The Hall–Kier alpha value is -2.62. The molecule has 1 aliphatic carbocycles. The number of amides is 1. The molecule has 1 saturated carbocycles. The van der Waals surface area contributed by atoms with Gasteiger partial charge in [-0.25, -0.2) is 0 Å². The normalized spacial score (nSPS) is 14.6. The van der Waals surface area contributed by atoms with Crippen molar-refractivity contribution in [3.63, 3.8) is 0 Å². The van der Waals surface area contributed by atoms with Gasteiger partial charge < -0.3 is 5.32 Å². The summed E-state index contributed by atoms with van der Waals surface area (Å²) in [4.78, 5) is 12.2. The van der Waals surface area contributed by atoms with E-state index in [-0.39, 0.29) is 5.91 Å². The van der Waals surface area contributed by atoms with Crippen molar-refractivity contribution in [2.45, 2.75) is 31.6 Å². The molecule has 1 amide bonds. The second-order valence-electron chi connectivity index (χ2n) is 6.24. The Morgan fingerprint density at radius 1 is 1.13 bits per heavy atom. The second kappa shape index (κ2) is 5.88. The summed E-state index contributed by atoms with van der Waals surface area (Å²) in [7, 11) is 0. The molecule has 3 aromatic rings. The van der Waals surface area contributed by atoms with Gasteiger partial charge in [0.2, 0.25) is 5.91 Å². The van der Waals surface area contributed by atoms with Crippen molar-refractivity contribution < 1.29 is 4.79 Å². The van der Waals surface area contributed by atoms with Gasteiger partial charge in [-0.15, -0.1) is 0 Å². The SMILES string of the molecule is O=C(Cc1ccc2ccccc2c1)Nc1cc(C2CCC2)n[nH]1. The summed E-state index contributed by atoms with van der Waals surface area (Å²) < 4.78 is 0. The van der Waals surface area contributed by atoms with E-state index in [1.807, 2.05) is 24.3 Å². The molecular weight excluding hydrogens is 286 g/mol. The van der Waals surface area contributed by atoms with Gasteiger partial charge in [-0.3, -0.25) is 9.89 Å². The van der Waals surface area contributed by atoms with E-state index in [0.717, 1.165) is 16.6 Å². The molecule has 0 spiro atoms. The molecule has 116 valence electrons. The van der Waals surface area contributed by atoms with E-state index in [4.69, 9.17) is 0 Å². The molecule has 0 aliphatic heterocycles. The molecule has 0 unspecified atom stereocenters. The van der Waals surface area contributed by atoms with Gasteiger partial charge >= 0.3 is 0 Å². The summed E-state index contributed by atoms with van der Waals surface area (Å²) in [5.41, 5.74) is 2.08. The number of fused-ring (bicyclic) bond motifs is 1. The lowest BCUT2D eigenvalue weighted by molar-refractivity contribution is -0.115. The molecule has 1 aromatic heterocycles. The Morgan fingerprint density at radius 2 is 1.96 bits per heavy atom. The zero-order valence-corrected chi connectivity index (χ0v) is 12.9. The van der Waals surface area contributed by atoms with Gasteiger partial charge in [-0.2, -0.15) is 5.10 Å². The van der Waals surface area contributed by atoms with Crippen LogP contribution >= 0.6 is 0 Å². The maximum Gasteiger partial charge on any atom is 0.229 e. The average Bonchev–Trinajstić information content (AvgIpc) is 2.93. The first-order chi connectivity index (χ1) is 11.3. The number of hydrogen-bond acceptors (Lipinski definition) is 2. The minimum absolute atomic E-state index is 0.0240. The van der Waals surface area contributed by atoms with Crippen molar-refractivity contribution in [1.29, 1.82) is 0 Å². The van der Waals surface area contributed by atoms with E-state index in [2.05, 4.69) is 39.8 Å². The van der Waals surface area contributed by atoms with Crippen molar-refractivity contribution in [2.75, 3.05) is 5.32 Å². The molecule has 1 heterocycles. The maximum atomic E-state index is 12.2. The Morgan fingerprint density at radius 3 is 2.74 bits per heavy atom. The highest BCUT2D eigenvalue weighted by Gasteiger charge is 2.22. The van der Waals surface area contributed by atoms with Gasteiger partial charge in [0.05, 0.1) is 12.1 Å². The first-order valence-corrected chi connectivity index (χ1v) is 8.11. The highest BCUT2D eigenvalue weighted by atomic mass is 16.1. The Balaban J connectivity index is 1.43. The lowest BCUT2D eigenvalue weighted by atomic mass is 9.83. The molecule has 1 fully saturated rings. The first kappa shape index (κ1) is 14.0. The third-order valence-corrected chi connectivity index (χ3v) is 4.57. The zero-order chi connectivity index (χ0) is 15.6. The van der Waals surface area contributed by atoms with Crippen molar-refractivity contribution in [3.8, 4) is 0 Å². The van der Waals surface area contributed by atoms with Crippen molar-refractivity contribution >= 4 is 22.5 Å². The van der Waals surface area contributed by atoms with Crippen LogP contribution in [-0.2, 0) is 11.2 Å². The predicted molar refractivity (Wildman–Crippen MR) is 91.5 cm³/mol. The van der Waals surface area contributed by atoms with Gasteiger partial charge in [0.25, 0.3) is 0 Å². The van der Waals surface area contributed by atoms with Crippen LogP contribution in [0.15, 0.2) is 48.5 Å². The molecule has 4 rings (SSSR count). The average molecular weight is 305 g/mol. The molecule has 0 bridgehead atoms. The van der Waals surface area contributed by atoms with Crippen molar-refractivity contribution in [1.82, 2.24) is 10.2 Å². The number of rotatable bonds is 4. The molecule has 2 aromatic carbocycles. The fraction of sp³-hybridized carbons (Fsp3) is 0.263. The van der Waals surface area contributed by atoms with Crippen LogP contribution in [0.2, 0.25) is 0 Å². The molecule has 0 radical (unpaired) electrons. The topological polar surface area (TPSA) is 57.8 Å². The number of nitrogens with one attached hydrogen (secondary N) is 2. The largest absolute Gasteiger partial charge is 0.311 e. The minimum atomic E-state index is -0.0240. The maximum absolute atomic E-state index is 12.2. The fourth-order valence-corrected chi connectivity index (χ4v) is 3.04. The molecule has 4 heteroatoms. The monoisotopic (exact) mass is 305 g/mol. The van der Waals surface area contributed by atoms with Gasteiger partial charge in [0.1, 0.15) is 5.82 Å². The summed E-state index contributed by atoms with van der Waals surface area (Å²) in [6.45, 7) is 0. The number of carbonyl (C=O) groups is 1. The van der Waals surface area contributed by atoms with Gasteiger partial charge in [-0.1, -0.05) is 48.9 Å². The minimum Gasteiger partial charge on any atom is -0.311 e. The van der Waals surface area contributed by atoms with Crippen LogP contribution < -0.4 is 5.32 Å². The van der Waals surface area contributed by atoms with E-state index in [0.29, 0.717) is 18.2 Å². The van der Waals surface area contributed by atoms with Gasteiger partial charge in [0, 0.05) is 12.0 Å². The lowest BCUT2D eigenvalue weighted by Crippen LogP contribution is -2.14. The molecular formula is C19H19N3O. The molecule has 1 aliphatic rings. The van der Waals surface area contributed by atoms with Crippen LogP contribution in [0, 0.1) is 0 Å². The Kier molecular flexibility index (Phi) is 3.58.